The lowest BCUT2D eigenvalue weighted by Crippen LogP contribution is -2.42. The van der Waals surface area contributed by atoms with Crippen LogP contribution in [0.3, 0.4) is 0 Å². The molecule has 4 N–H and O–H groups in total. The van der Waals surface area contributed by atoms with Crippen molar-refractivity contribution in [2.45, 2.75) is 13.8 Å². The van der Waals surface area contributed by atoms with Gasteiger partial charge in [-0.1, -0.05) is 11.2 Å². The van der Waals surface area contributed by atoms with Crippen LogP contribution in [0, 0.1) is 8.99 Å². The number of nitrogens with one attached hydrogen (secondary N) is 1. The highest BCUT2D eigenvalue weighted by Crippen LogP contribution is 2.20. The van der Waals surface area contributed by atoms with E-state index in [0.29, 0.717) is 5.69 Å². The monoisotopic (exact) mass is 347 g/mol. The molecule has 6 heteroatoms. The Bertz CT molecular complexity index is 458. The van der Waals surface area contributed by atoms with E-state index in [1.807, 2.05) is 18.2 Å². The molecule has 1 aromatic rings. The number of rotatable bonds is 3. The minimum Gasteiger partial charge on any atom is -0.409 e. The van der Waals surface area contributed by atoms with Crippen molar-refractivity contribution in [1.82, 2.24) is 0 Å². The Hall–Kier alpha value is -1.31. The van der Waals surface area contributed by atoms with Crippen LogP contribution in [0.4, 0.5) is 5.69 Å². The lowest BCUT2D eigenvalue weighted by molar-refractivity contribution is -0.121. The first kappa shape index (κ1) is 13.8. The van der Waals surface area contributed by atoms with Crippen LogP contribution in [0.1, 0.15) is 13.8 Å². The number of hydrogen-bond acceptors (Lipinski definition) is 3. The van der Waals surface area contributed by atoms with Gasteiger partial charge in [0.1, 0.15) is 5.41 Å². The maximum Gasteiger partial charge on any atom is 0.237 e. The van der Waals surface area contributed by atoms with Crippen molar-refractivity contribution in [1.29, 1.82) is 0 Å². The minimum absolute atomic E-state index is 0.124. The minimum atomic E-state index is -1.06. The number of nitrogens with two attached hydrogens (primary N) is 1. The van der Waals surface area contributed by atoms with Gasteiger partial charge >= 0.3 is 0 Å². The third kappa shape index (κ3) is 3.32. The highest BCUT2D eigenvalue weighted by Gasteiger charge is 2.32. The van der Waals surface area contributed by atoms with E-state index in [0.717, 1.165) is 3.57 Å². The van der Waals surface area contributed by atoms with E-state index >= 15 is 0 Å². The van der Waals surface area contributed by atoms with Crippen molar-refractivity contribution < 1.29 is 10.0 Å². The van der Waals surface area contributed by atoms with E-state index in [1.54, 1.807) is 19.9 Å². The summed E-state index contributed by atoms with van der Waals surface area (Å²) in [6, 6.07) is 7.38. The molecule has 0 aliphatic carbocycles. The molecule has 0 unspecified atom stereocenters. The normalized spacial score (nSPS) is 12.3. The third-order valence-electron chi connectivity index (χ3n) is 2.40. The number of carbonyl (C=O) groups excluding carboxylic acids is 1. The van der Waals surface area contributed by atoms with Gasteiger partial charge in [0.25, 0.3) is 0 Å². The Balaban J connectivity index is 2.86. The van der Waals surface area contributed by atoms with Crippen molar-refractivity contribution in [3.8, 4) is 0 Å². The summed E-state index contributed by atoms with van der Waals surface area (Å²) < 4.78 is 1.02. The molecule has 0 aliphatic heterocycles. The van der Waals surface area contributed by atoms with Crippen molar-refractivity contribution in [3.63, 3.8) is 0 Å². The molecular weight excluding hydrogens is 333 g/mol. The first-order chi connectivity index (χ1) is 7.87. The van der Waals surface area contributed by atoms with Crippen LogP contribution in [-0.2, 0) is 4.79 Å². The second kappa shape index (κ2) is 5.35. The van der Waals surface area contributed by atoms with Crippen LogP contribution >= 0.6 is 22.6 Å². The van der Waals surface area contributed by atoms with Crippen LogP contribution in [0.25, 0.3) is 0 Å². The van der Waals surface area contributed by atoms with E-state index in [-0.39, 0.29) is 11.7 Å². The Morgan fingerprint density at radius 1 is 1.53 bits per heavy atom. The molecule has 0 aromatic heterocycles. The van der Waals surface area contributed by atoms with Gasteiger partial charge in [0.2, 0.25) is 5.91 Å². The van der Waals surface area contributed by atoms with Gasteiger partial charge in [-0.2, -0.15) is 0 Å². The summed E-state index contributed by atoms with van der Waals surface area (Å²) in [6.07, 6.45) is 0. The SMILES string of the molecule is CC(C)(C(=O)Nc1cccc(I)c1)C(N)=NO. The Kier molecular flexibility index (Phi) is 4.33. The van der Waals surface area contributed by atoms with E-state index < -0.39 is 5.41 Å². The zero-order valence-corrected chi connectivity index (χ0v) is 11.7. The summed E-state index contributed by atoms with van der Waals surface area (Å²) in [6.45, 7) is 3.18. The summed E-state index contributed by atoms with van der Waals surface area (Å²) >= 11 is 2.15. The molecule has 0 spiro atoms. The zero-order valence-electron chi connectivity index (χ0n) is 9.57. The fraction of sp³-hybridized carbons (Fsp3) is 0.273. The smallest absolute Gasteiger partial charge is 0.237 e. The number of carbonyl (C=O) groups is 1. The fourth-order valence-electron chi connectivity index (χ4n) is 1.09. The van der Waals surface area contributed by atoms with E-state index in [2.05, 4.69) is 33.1 Å². The van der Waals surface area contributed by atoms with Gasteiger partial charge in [-0.15, -0.1) is 0 Å². The van der Waals surface area contributed by atoms with Crippen LogP contribution in [0.2, 0.25) is 0 Å². The fourth-order valence-corrected chi connectivity index (χ4v) is 1.64. The van der Waals surface area contributed by atoms with Crippen molar-refractivity contribution in [3.05, 3.63) is 27.8 Å². The second-order valence-corrected chi connectivity index (χ2v) is 5.32. The number of oxime groups is 1. The van der Waals surface area contributed by atoms with Crippen LogP contribution in [0.15, 0.2) is 29.4 Å². The molecule has 5 nitrogen and oxygen atoms in total. The molecule has 17 heavy (non-hydrogen) atoms. The lowest BCUT2D eigenvalue weighted by Gasteiger charge is -2.21. The average molecular weight is 347 g/mol. The first-order valence-corrected chi connectivity index (χ1v) is 6.01. The van der Waals surface area contributed by atoms with Crippen LogP contribution < -0.4 is 11.1 Å². The highest BCUT2D eigenvalue weighted by molar-refractivity contribution is 14.1. The second-order valence-electron chi connectivity index (χ2n) is 4.07. The molecule has 0 atom stereocenters. The number of halogens is 1. The van der Waals surface area contributed by atoms with Gasteiger partial charge < -0.3 is 16.3 Å². The molecule has 0 aliphatic rings. The lowest BCUT2D eigenvalue weighted by atomic mass is 9.91. The number of hydrogen-bond donors (Lipinski definition) is 3. The predicted molar refractivity (Wildman–Crippen MR) is 75.0 cm³/mol. The maximum absolute atomic E-state index is 12.0. The topological polar surface area (TPSA) is 87.7 Å². The predicted octanol–water partition coefficient (Wildman–Crippen LogP) is 2.00. The summed E-state index contributed by atoms with van der Waals surface area (Å²) in [5, 5.41) is 14.2. The summed E-state index contributed by atoms with van der Waals surface area (Å²) in [7, 11) is 0. The summed E-state index contributed by atoms with van der Waals surface area (Å²) in [4.78, 5) is 12.0. The average Bonchev–Trinajstić information content (AvgIpc) is 2.27. The number of amides is 1. The summed E-state index contributed by atoms with van der Waals surface area (Å²) in [5.74, 6) is -0.449. The van der Waals surface area contributed by atoms with Gasteiger partial charge in [-0.05, 0) is 54.6 Å². The Labute approximate surface area is 113 Å². The number of amidine groups is 1. The maximum atomic E-state index is 12.0. The van der Waals surface area contributed by atoms with Gasteiger partial charge in [-0.3, -0.25) is 4.79 Å². The van der Waals surface area contributed by atoms with Gasteiger partial charge in [0.05, 0.1) is 0 Å². The van der Waals surface area contributed by atoms with Crippen molar-refractivity contribution in [2.75, 3.05) is 5.32 Å². The van der Waals surface area contributed by atoms with Crippen molar-refractivity contribution in [2.24, 2.45) is 16.3 Å². The largest absolute Gasteiger partial charge is 0.409 e. The van der Waals surface area contributed by atoms with Crippen molar-refractivity contribution >= 4 is 40.0 Å². The number of nitrogens with zero attached hydrogens (tertiary/aromatic N) is 1. The molecule has 1 aromatic carbocycles. The van der Waals surface area contributed by atoms with E-state index in [1.165, 1.54) is 0 Å². The molecule has 0 fully saturated rings. The van der Waals surface area contributed by atoms with Crippen LogP contribution in [0.5, 0.6) is 0 Å². The zero-order chi connectivity index (χ0) is 13.1. The molecular formula is C11H14IN3O2. The number of benzene rings is 1. The molecule has 1 rings (SSSR count). The molecule has 92 valence electrons. The van der Waals surface area contributed by atoms with Gasteiger partial charge in [0.15, 0.2) is 5.84 Å². The third-order valence-corrected chi connectivity index (χ3v) is 3.07. The molecule has 0 saturated heterocycles. The quantitative estimate of drug-likeness (QED) is 0.257. The van der Waals surface area contributed by atoms with Crippen LogP contribution in [-0.4, -0.2) is 17.0 Å². The molecule has 1 amide bonds. The summed E-state index contributed by atoms with van der Waals surface area (Å²) in [5.41, 5.74) is 5.09. The highest BCUT2D eigenvalue weighted by atomic mass is 127. The van der Waals surface area contributed by atoms with Gasteiger partial charge in [0, 0.05) is 9.26 Å². The van der Waals surface area contributed by atoms with E-state index in [4.69, 9.17) is 10.9 Å². The van der Waals surface area contributed by atoms with E-state index in [9.17, 15) is 4.79 Å². The molecule has 0 saturated carbocycles. The molecule has 0 heterocycles. The molecule has 0 bridgehead atoms. The first-order valence-electron chi connectivity index (χ1n) is 4.93. The molecule has 0 radical (unpaired) electrons. The Morgan fingerprint density at radius 3 is 2.71 bits per heavy atom. The number of anilines is 1. The Morgan fingerprint density at radius 2 is 2.18 bits per heavy atom. The standard InChI is InChI=1S/C11H14IN3O2/c1-11(2,9(13)15-17)10(16)14-8-5-3-4-7(12)6-8/h3-6,17H,1-2H3,(H2,13,15)(H,14,16). The van der Waals surface area contributed by atoms with Gasteiger partial charge in [-0.25, -0.2) is 0 Å².